The number of hydrogen-bond acceptors (Lipinski definition) is 4. The molecule has 0 aliphatic carbocycles. The minimum Gasteiger partial charge on any atom is -0.281 e. The molecule has 2 rings (SSSR count). The van der Waals surface area contributed by atoms with Gasteiger partial charge in [-0.3, -0.25) is 15.0 Å². The lowest BCUT2D eigenvalue weighted by Crippen LogP contribution is -2.40. The maximum Gasteiger partial charge on any atom is 0.275 e. The van der Waals surface area contributed by atoms with Gasteiger partial charge < -0.3 is 0 Å². The number of hydrogen-bond donors (Lipinski definition) is 0. The van der Waals surface area contributed by atoms with Gasteiger partial charge in [-0.2, -0.15) is 5.26 Å². The van der Waals surface area contributed by atoms with Crippen LogP contribution in [0, 0.1) is 21.4 Å². The van der Waals surface area contributed by atoms with Crippen LogP contribution in [0.2, 0.25) is 0 Å². The van der Waals surface area contributed by atoms with E-state index in [1.165, 1.54) is 6.07 Å². The fraction of sp³-hybridized carbons (Fsp3) is 0.500. The van der Waals surface area contributed by atoms with Crippen LogP contribution in [0.15, 0.2) is 24.3 Å². The lowest BCUT2D eigenvalue weighted by molar-refractivity contribution is -0.385. The second-order valence-electron chi connectivity index (χ2n) is 4.93. The standard InChI is InChI=1S/C14H17N3O2/c1-11-6-4-5-9-16(11)14(10-15)12-7-2-3-8-13(12)17(18)19/h2-3,7-8,11,14H,4-6,9H2,1H3. The van der Waals surface area contributed by atoms with Gasteiger partial charge in [0.25, 0.3) is 5.69 Å². The molecule has 0 aromatic heterocycles. The average molecular weight is 259 g/mol. The van der Waals surface area contributed by atoms with Crippen LogP contribution in [0.5, 0.6) is 0 Å². The molecule has 19 heavy (non-hydrogen) atoms. The third-order valence-corrected chi connectivity index (χ3v) is 3.74. The topological polar surface area (TPSA) is 70.2 Å². The molecular weight excluding hydrogens is 242 g/mol. The molecule has 2 unspecified atom stereocenters. The molecule has 0 bridgehead atoms. The van der Waals surface area contributed by atoms with E-state index >= 15 is 0 Å². The molecule has 5 nitrogen and oxygen atoms in total. The van der Waals surface area contributed by atoms with Gasteiger partial charge in [-0.05, 0) is 32.4 Å². The first-order valence-corrected chi connectivity index (χ1v) is 6.54. The molecule has 2 atom stereocenters. The Labute approximate surface area is 112 Å². The Balaban J connectivity index is 2.37. The Kier molecular flexibility index (Phi) is 4.13. The third kappa shape index (κ3) is 2.74. The van der Waals surface area contributed by atoms with Gasteiger partial charge in [0.2, 0.25) is 0 Å². The van der Waals surface area contributed by atoms with Crippen molar-refractivity contribution in [3.8, 4) is 6.07 Å². The number of piperidine rings is 1. The van der Waals surface area contributed by atoms with Crippen molar-refractivity contribution in [2.75, 3.05) is 6.54 Å². The second kappa shape index (κ2) is 5.81. The molecule has 1 aliphatic rings. The Morgan fingerprint density at radius 3 is 2.84 bits per heavy atom. The molecule has 1 aromatic rings. The fourth-order valence-electron chi connectivity index (χ4n) is 2.71. The van der Waals surface area contributed by atoms with E-state index in [-0.39, 0.29) is 5.69 Å². The van der Waals surface area contributed by atoms with Crippen molar-refractivity contribution in [2.45, 2.75) is 38.3 Å². The zero-order valence-electron chi connectivity index (χ0n) is 11.0. The summed E-state index contributed by atoms with van der Waals surface area (Å²) >= 11 is 0. The summed E-state index contributed by atoms with van der Waals surface area (Å²) in [7, 11) is 0. The minimum absolute atomic E-state index is 0.0341. The smallest absolute Gasteiger partial charge is 0.275 e. The van der Waals surface area contributed by atoms with Crippen molar-refractivity contribution in [1.29, 1.82) is 5.26 Å². The molecule has 5 heteroatoms. The van der Waals surface area contributed by atoms with E-state index < -0.39 is 11.0 Å². The lowest BCUT2D eigenvalue weighted by Gasteiger charge is -2.36. The van der Waals surface area contributed by atoms with Crippen LogP contribution < -0.4 is 0 Å². The summed E-state index contributed by atoms with van der Waals surface area (Å²) in [6, 6.07) is 8.53. The Bertz CT molecular complexity index is 510. The SMILES string of the molecule is CC1CCCCN1C(C#N)c1ccccc1[N+](=O)[O-]. The van der Waals surface area contributed by atoms with Crippen LogP contribution in [-0.2, 0) is 0 Å². The summed E-state index contributed by atoms with van der Waals surface area (Å²) in [5, 5.41) is 20.5. The molecule has 1 saturated heterocycles. The fourth-order valence-corrected chi connectivity index (χ4v) is 2.71. The Morgan fingerprint density at radius 1 is 1.47 bits per heavy atom. The van der Waals surface area contributed by atoms with E-state index in [9.17, 15) is 15.4 Å². The predicted molar refractivity (Wildman–Crippen MR) is 71.5 cm³/mol. The molecule has 0 spiro atoms. The quantitative estimate of drug-likeness (QED) is 0.618. The van der Waals surface area contributed by atoms with Crippen molar-refractivity contribution in [3.63, 3.8) is 0 Å². The van der Waals surface area contributed by atoms with E-state index in [1.807, 2.05) is 0 Å². The molecule has 1 heterocycles. The summed E-state index contributed by atoms with van der Waals surface area (Å²) in [5.41, 5.74) is 0.538. The monoisotopic (exact) mass is 259 g/mol. The summed E-state index contributed by atoms with van der Waals surface area (Å²) in [6.07, 6.45) is 3.24. The van der Waals surface area contributed by atoms with Gasteiger partial charge in [-0.25, -0.2) is 0 Å². The summed E-state index contributed by atoms with van der Waals surface area (Å²) in [5.74, 6) is 0. The normalized spacial score (nSPS) is 21.6. The average Bonchev–Trinajstić information content (AvgIpc) is 2.42. The van der Waals surface area contributed by atoms with Crippen molar-refractivity contribution < 1.29 is 4.92 Å². The molecule has 1 aliphatic heterocycles. The highest BCUT2D eigenvalue weighted by molar-refractivity contribution is 5.44. The van der Waals surface area contributed by atoms with E-state index in [4.69, 9.17) is 0 Å². The van der Waals surface area contributed by atoms with Crippen molar-refractivity contribution in [1.82, 2.24) is 4.90 Å². The van der Waals surface area contributed by atoms with Crippen LogP contribution in [0.4, 0.5) is 5.69 Å². The Morgan fingerprint density at radius 2 is 2.21 bits per heavy atom. The number of rotatable bonds is 3. The molecule has 0 amide bonds. The number of nitro benzene ring substituents is 1. The van der Waals surface area contributed by atoms with Gasteiger partial charge >= 0.3 is 0 Å². The molecule has 100 valence electrons. The number of nitriles is 1. The minimum atomic E-state index is -0.531. The van der Waals surface area contributed by atoms with Crippen molar-refractivity contribution in [3.05, 3.63) is 39.9 Å². The van der Waals surface area contributed by atoms with Gasteiger partial charge in [-0.1, -0.05) is 18.6 Å². The largest absolute Gasteiger partial charge is 0.281 e. The van der Waals surface area contributed by atoms with Crippen LogP contribution in [-0.4, -0.2) is 22.4 Å². The van der Waals surface area contributed by atoms with E-state index in [2.05, 4.69) is 17.9 Å². The van der Waals surface area contributed by atoms with Gasteiger partial charge in [0.1, 0.15) is 6.04 Å². The highest BCUT2D eigenvalue weighted by atomic mass is 16.6. The maximum atomic E-state index is 11.1. The number of nitro groups is 1. The summed E-state index contributed by atoms with van der Waals surface area (Å²) in [6.45, 7) is 2.91. The molecule has 1 fully saturated rings. The van der Waals surface area contributed by atoms with Crippen LogP contribution >= 0.6 is 0 Å². The number of benzene rings is 1. The molecule has 1 aromatic carbocycles. The van der Waals surface area contributed by atoms with Gasteiger partial charge in [0.15, 0.2) is 0 Å². The van der Waals surface area contributed by atoms with Crippen LogP contribution in [0.3, 0.4) is 0 Å². The molecular formula is C14H17N3O2. The van der Waals surface area contributed by atoms with E-state index in [0.29, 0.717) is 11.6 Å². The van der Waals surface area contributed by atoms with Crippen molar-refractivity contribution >= 4 is 5.69 Å². The van der Waals surface area contributed by atoms with Gasteiger partial charge in [0, 0.05) is 12.1 Å². The first-order valence-electron chi connectivity index (χ1n) is 6.54. The first-order chi connectivity index (χ1) is 9.15. The number of nitrogens with zero attached hydrogens (tertiary/aromatic N) is 3. The second-order valence-corrected chi connectivity index (χ2v) is 4.93. The molecule has 0 N–H and O–H groups in total. The van der Waals surface area contributed by atoms with Gasteiger partial charge in [-0.15, -0.1) is 0 Å². The summed E-state index contributed by atoms with van der Waals surface area (Å²) in [4.78, 5) is 12.8. The highest BCUT2D eigenvalue weighted by Crippen LogP contribution is 2.32. The molecule has 0 radical (unpaired) electrons. The van der Waals surface area contributed by atoms with E-state index in [1.54, 1.807) is 18.2 Å². The predicted octanol–water partition coefficient (Wildman–Crippen LogP) is 3.03. The highest BCUT2D eigenvalue weighted by Gasteiger charge is 2.31. The first kappa shape index (κ1) is 13.5. The lowest BCUT2D eigenvalue weighted by atomic mass is 9.97. The van der Waals surface area contributed by atoms with Crippen LogP contribution in [0.1, 0.15) is 37.8 Å². The maximum absolute atomic E-state index is 11.1. The van der Waals surface area contributed by atoms with Crippen LogP contribution in [0.25, 0.3) is 0 Å². The zero-order chi connectivity index (χ0) is 13.8. The van der Waals surface area contributed by atoms with E-state index in [0.717, 1.165) is 25.8 Å². The van der Waals surface area contributed by atoms with Gasteiger partial charge in [0.05, 0.1) is 16.6 Å². The Hall–Kier alpha value is -1.93. The molecule has 0 saturated carbocycles. The third-order valence-electron chi connectivity index (χ3n) is 3.74. The zero-order valence-corrected chi connectivity index (χ0v) is 11.0. The summed E-state index contributed by atoms with van der Waals surface area (Å²) < 4.78 is 0. The number of likely N-dealkylation sites (tertiary alicyclic amines) is 1. The van der Waals surface area contributed by atoms with Crippen molar-refractivity contribution in [2.24, 2.45) is 0 Å². The number of para-hydroxylation sites is 1.